The van der Waals surface area contributed by atoms with E-state index in [0.717, 1.165) is 5.75 Å². The van der Waals surface area contributed by atoms with Crippen molar-refractivity contribution in [3.8, 4) is 5.75 Å². The summed E-state index contributed by atoms with van der Waals surface area (Å²) >= 11 is 5.24. The van der Waals surface area contributed by atoms with Crippen LogP contribution in [-0.4, -0.2) is 28.6 Å². The van der Waals surface area contributed by atoms with E-state index in [-0.39, 0.29) is 24.4 Å². The normalized spacial score (nSPS) is 10.6. The van der Waals surface area contributed by atoms with E-state index in [1.807, 2.05) is 36.4 Å². The van der Waals surface area contributed by atoms with Crippen LogP contribution >= 0.6 is 12.2 Å². The summed E-state index contributed by atoms with van der Waals surface area (Å²) < 4.78 is 7.24. The van der Waals surface area contributed by atoms with Gasteiger partial charge in [0.25, 0.3) is 5.56 Å². The number of benzene rings is 2. The summed E-state index contributed by atoms with van der Waals surface area (Å²) in [4.78, 5) is 27.5. The van der Waals surface area contributed by atoms with Crippen LogP contribution in [0.15, 0.2) is 59.4 Å². The highest BCUT2D eigenvalue weighted by molar-refractivity contribution is 7.71. The van der Waals surface area contributed by atoms with Gasteiger partial charge in [-0.15, -0.1) is 0 Å². The highest BCUT2D eigenvalue weighted by Gasteiger charge is 2.07. The first-order chi connectivity index (χ1) is 12.6. The van der Waals surface area contributed by atoms with Crippen LogP contribution in [0, 0.1) is 4.77 Å². The Kier molecular flexibility index (Phi) is 5.80. The van der Waals surface area contributed by atoms with Crippen molar-refractivity contribution in [3.63, 3.8) is 0 Å². The first kappa shape index (κ1) is 17.9. The van der Waals surface area contributed by atoms with Crippen LogP contribution in [0.3, 0.4) is 0 Å². The standard InChI is InChI=1S/C19H19N3O3S/c23-17(20-11-13-25-14-6-2-1-3-7-14)10-12-22-18(24)15-8-4-5-9-16(15)21-19(22)26/h1-9H,10-13H2,(H,20,23)(H,21,26). The SMILES string of the molecule is O=C(CCn1c(=S)[nH]c2ccccc2c1=O)NCCOc1ccccc1. The lowest BCUT2D eigenvalue weighted by Crippen LogP contribution is -2.30. The van der Waals surface area contributed by atoms with Crippen molar-refractivity contribution >= 4 is 29.0 Å². The topological polar surface area (TPSA) is 76.1 Å². The minimum atomic E-state index is -0.190. The van der Waals surface area contributed by atoms with Crippen molar-refractivity contribution in [1.82, 2.24) is 14.9 Å². The number of nitrogens with zero attached hydrogens (tertiary/aromatic N) is 1. The number of amides is 1. The number of aromatic nitrogens is 2. The molecule has 0 aliphatic heterocycles. The first-order valence-electron chi connectivity index (χ1n) is 8.31. The van der Waals surface area contributed by atoms with Crippen LogP contribution in [0.5, 0.6) is 5.75 Å². The summed E-state index contributed by atoms with van der Waals surface area (Å²) in [6, 6.07) is 16.6. The Hall–Kier alpha value is -2.93. The number of rotatable bonds is 7. The minimum Gasteiger partial charge on any atom is -0.492 e. The van der Waals surface area contributed by atoms with Crippen molar-refractivity contribution < 1.29 is 9.53 Å². The third kappa shape index (κ3) is 4.37. The van der Waals surface area contributed by atoms with E-state index < -0.39 is 0 Å². The number of fused-ring (bicyclic) bond motifs is 1. The maximum absolute atomic E-state index is 12.5. The van der Waals surface area contributed by atoms with E-state index in [9.17, 15) is 9.59 Å². The van der Waals surface area contributed by atoms with Crippen LogP contribution in [0.2, 0.25) is 0 Å². The molecule has 0 saturated heterocycles. The van der Waals surface area contributed by atoms with Crippen LogP contribution in [0.4, 0.5) is 0 Å². The third-order valence-electron chi connectivity index (χ3n) is 3.89. The number of hydrogen-bond donors (Lipinski definition) is 2. The molecule has 0 atom stereocenters. The predicted molar refractivity (Wildman–Crippen MR) is 103 cm³/mol. The van der Waals surface area contributed by atoms with Crippen LogP contribution in [-0.2, 0) is 11.3 Å². The van der Waals surface area contributed by atoms with Gasteiger partial charge in [0.05, 0.1) is 17.4 Å². The van der Waals surface area contributed by atoms with Gasteiger partial charge in [0.2, 0.25) is 5.91 Å². The average Bonchev–Trinajstić information content (AvgIpc) is 2.66. The molecule has 1 heterocycles. The molecule has 0 spiro atoms. The van der Waals surface area contributed by atoms with Crippen LogP contribution < -0.4 is 15.6 Å². The van der Waals surface area contributed by atoms with Gasteiger partial charge in [-0.05, 0) is 36.5 Å². The molecule has 0 radical (unpaired) electrons. The molecule has 0 bridgehead atoms. The molecule has 0 unspecified atom stereocenters. The Balaban J connectivity index is 1.52. The van der Waals surface area contributed by atoms with Crippen molar-refractivity contribution in [1.29, 1.82) is 0 Å². The zero-order valence-corrected chi connectivity index (χ0v) is 14.9. The Bertz CT molecular complexity index is 1010. The zero-order valence-electron chi connectivity index (χ0n) is 14.1. The minimum absolute atomic E-state index is 0.156. The number of carbonyl (C=O) groups is 1. The number of ether oxygens (including phenoxy) is 1. The number of nitrogens with one attached hydrogen (secondary N) is 2. The van der Waals surface area contributed by atoms with Gasteiger partial charge in [-0.1, -0.05) is 30.3 Å². The van der Waals surface area contributed by atoms with Gasteiger partial charge in [-0.25, -0.2) is 0 Å². The Morgan fingerprint density at radius 1 is 1.12 bits per heavy atom. The fourth-order valence-electron chi connectivity index (χ4n) is 2.58. The highest BCUT2D eigenvalue weighted by atomic mass is 32.1. The molecule has 0 saturated carbocycles. The lowest BCUT2D eigenvalue weighted by atomic mass is 10.2. The van der Waals surface area contributed by atoms with Crippen LogP contribution in [0.25, 0.3) is 10.9 Å². The monoisotopic (exact) mass is 369 g/mol. The fourth-order valence-corrected chi connectivity index (χ4v) is 2.86. The molecule has 0 aliphatic rings. The molecule has 134 valence electrons. The summed E-state index contributed by atoms with van der Waals surface area (Å²) in [6.45, 7) is 1.00. The summed E-state index contributed by atoms with van der Waals surface area (Å²) in [5.41, 5.74) is 0.505. The maximum Gasteiger partial charge on any atom is 0.262 e. The van der Waals surface area contributed by atoms with Gasteiger partial charge in [0, 0.05) is 13.0 Å². The van der Waals surface area contributed by atoms with E-state index in [1.165, 1.54) is 4.57 Å². The summed E-state index contributed by atoms with van der Waals surface area (Å²) in [5, 5.41) is 3.33. The quantitative estimate of drug-likeness (QED) is 0.496. The predicted octanol–water partition coefficient (Wildman–Crippen LogP) is 2.64. The van der Waals surface area contributed by atoms with Gasteiger partial charge in [-0.3, -0.25) is 14.2 Å². The summed E-state index contributed by atoms with van der Waals surface area (Å²) in [6.07, 6.45) is 0.168. The Morgan fingerprint density at radius 3 is 2.65 bits per heavy atom. The lowest BCUT2D eigenvalue weighted by molar-refractivity contribution is -0.121. The molecule has 0 aliphatic carbocycles. The lowest BCUT2D eigenvalue weighted by Gasteiger charge is -2.09. The third-order valence-corrected chi connectivity index (χ3v) is 4.21. The zero-order chi connectivity index (χ0) is 18.4. The van der Waals surface area contributed by atoms with E-state index >= 15 is 0 Å². The number of hydrogen-bond acceptors (Lipinski definition) is 4. The van der Waals surface area contributed by atoms with Crippen molar-refractivity contribution in [3.05, 3.63) is 69.7 Å². The maximum atomic E-state index is 12.5. The second kappa shape index (κ2) is 8.44. The van der Waals surface area contributed by atoms with Gasteiger partial charge >= 0.3 is 0 Å². The molecule has 3 rings (SSSR count). The van der Waals surface area contributed by atoms with E-state index in [2.05, 4.69) is 10.3 Å². The molecule has 3 aromatic rings. The first-order valence-corrected chi connectivity index (χ1v) is 8.72. The van der Waals surface area contributed by atoms with Crippen molar-refractivity contribution in [2.45, 2.75) is 13.0 Å². The molecular weight excluding hydrogens is 350 g/mol. The number of carbonyl (C=O) groups excluding carboxylic acids is 1. The molecule has 2 N–H and O–H groups in total. The van der Waals surface area contributed by atoms with Gasteiger partial charge in [0.15, 0.2) is 4.77 Å². The largest absolute Gasteiger partial charge is 0.492 e. The molecule has 26 heavy (non-hydrogen) atoms. The average molecular weight is 369 g/mol. The van der Waals surface area contributed by atoms with E-state index in [1.54, 1.807) is 18.2 Å². The smallest absolute Gasteiger partial charge is 0.262 e. The number of aromatic amines is 1. The Labute approximate surface area is 155 Å². The van der Waals surface area contributed by atoms with Crippen molar-refractivity contribution in [2.75, 3.05) is 13.2 Å². The molecule has 1 aromatic heterocycles. The molecule has 6 nitrogen and oxygen atoms in total. The molecule has 1 amide bonds. The molecule has 7 heteroatoms. The van der Waals surface area contributed by atoms with Gasteiger partial charge < -0.3 is 15.0 Å². The van der Waals surface area contributed by atoms with Gasteiger partial charge in [-0.2, -0.15) is 0 Å². The van der Waals surface area contributed by atoms with Gasteiger partial charge in [0.1, 0.15) is 12.4 Å². The molecule has 2 aromatic carbocycles. The van der Waals surface area contributed by atoms with Crippen LogP contribution in [0.1, 0.15) is 6.42 Å². The Morgan fingerprint density at radius 2 is 1.85 bits per heavy atom. The molecular formula is C19H19N3O3S. The summed E-state index contributed by atoms with van der Waals surface area (Å²) in [5.74, 6) is 0.604. The second-order valence-corrected chi connectivity index (χ2v) is 6.08. The summed E-state index contributed by atoms with van der Waals surface area (Å²) in [7, 11) is 0. The van der Waals surface area contributed by atoms with Crippen molar-refractivity contribution in [2.24, 2.45) is 0 Å². The molecule has 0 fully saturated rings. The van der Waals surface area contributed by atoms with E-state index in [4.69, 9.17) is 17.0 Å². The fraction of sp³-hybridized carbons (Fsp3) is 0.211. The number of para-hydroxylation sites is 2. The van der Waals surface area contributed by atoms with E-state index in [0.29, 0.717) is 28.8 Å². The second-order valence-electron chi connectivity index (χ2n) is 5.69. The highest BCUT2D eigenvalue weighted by Crippen LogP contribution is 2.07. The number of H-pyrrole nitrogens is 1.